The highest BCUT2D eigenvalue weighted by Crippen LogP contribution is 2.36. The lowest BCUT2D eigenvalue weighted by Crippen LogP contribution is -2.44. The summed E-state index contributed by atoms with van der Waals surface area (Å²) in [7, 11) is 0. The highest BCUT2D eigenvalue weighted by Gasteiger charge is 2.38. The predicted molar refractivity (Wildman–Crippen MR) is 60.2 cm³/mol. The van der Waals surface area contributed by atoms with Crippen LogP contribution in [-0.4, -0.2) is 30.0 Å². The van der Waals surface area contributed by atoms with Crippen LogP contribution < -0.4 is 5.73 Å². The topological polar surface area (TPSA) is 83.4 Å². The second-order valence-electron chi connectivity index (χ2n) is 4.27. The first-order valence-electron chi connectivity index (χ1n) is 6.02. The van der Waals surface area contributed by atoms with Crippen molar-refractivity contribution in [2.45, 2.75) is 38.3 Å². The summed E-state index contributed by atoms with van der Waals surface area (Å²) in [5.41, 5.74) is 5.72. The van der Waals surface area contributed by atoms with E-state index in [4.69, 9.17) is 19.7 Å². The molecule has 1 saturated carbocycles. The van der Waals surface area contributed by atoms with Crippen molar-refractivity contribution in [3.8, 4) is 0 Å². The fraction of sp³-hybridized carbons (Fsp3) is 0.818. The highest BCUT2D eigenvalue weighted by molar-refractivity contribution is 5.08. The van der Waals surface area contributed by atoms with Gasteiger partial charge in [-0.15, -0.1) is 0 Å². The fourth-order valence-electron chi connectivity index (χ4n) is 1.72. The summed E-state index contributed by atoms with van der Waals surface area (Å²) < 4.78 is 15.6. The molecule has 1 heterocycles. The maximum atomic E-state index is 6.09. The third-order valence-electron chi connectivity index (χ3n) is 2.96. The van der Waals surface area contributed by atoms with Crippen molar-refractivity contribution in [2.75, 3.05) is 19.8 Å². The van der Waals surface area contributed by atoms with Gasteiger partial charge in [0.15, 0.2) is 5.82 Å². The van der Waals surface area contributed by atoms with E-state index in [2.05, 4.69) is 10.1 Å². The molecule has 6 nitrogen and oxygen atoms in total. The van der Waals surface area contributed by atoms with Crippen molar-refractivity contribution in [3.63, 3.8) is 0 Å². The van der Waals surface area contributed by atoms with Crippen molar-refractivity contribution < 1.29 is 14.0 Å². The van der Waals surface area contributed by atoms with Crippen LogP contribution in [0.5, 0.6) is 0 Å². The van der Waals surface area contributed by atoms with Gasteiger partial charge >= 0.3 is 0 Å². The molecule has 1 fully saturated rings. The first-order chi connectivity index (χ1) is 8.24. The van der Waals surface area contributed by atoms with Crippen molar-refractivity contribution in [2.24, 2.45) is 5.73 Å². The van der Waals surface area contributed by atoms with Crippen molar-refractivity contribution in [3.05, 3.63) is 11.7 Å². The Bertz CT molecular complexity index is 349. The maximum absolute atomic E-state index is 6.09. The molecule has 0 bridgehead atoms. The summed E-state index contributed by atoms with van der Waals surface area (Å²) in [4.78, 5) is 4.25. The van der Waals surface area contributed by atoms with E-state index in [0.717, 1.165) is 19.3 Å². The summed E-state index contributed by atoms with van der Waals surface area (Å²) in [5, 5.41) is 3.90. The Hall–Kier alpha value is -0.980. The van der Waals surface area contributed by atoms with E-state index < -0.39 is 0 Å². The average Bonchev–Trinajstić information content (AvgIpc) is 2.75. The second kappa shape index (κ2) is 5.57. The lowest BCUT2D eigenvalue weighted by molar-refractivity contribution is 0.0355. The van der Waals surface area contributed by atoms with E-state index in [1.165, 1.54) is 0 Å². The normalized spacial score (nSPS) is 18.0. The molecule has 1 aliphatic carbocycles. The van der Waals surface area contributed by atoms with Crippen LogP contribution in [0.25, 0.3) is 0 Å². The van der Waals surface area contributed by atoms with Gasteiger partial charge in [-0.3, -0.25) is 0 Å². The van der Waals surface area contributed by atoms with Gasteiger partial charge in [-0.1, -0.05) is 5.16 Å². The van der Waals surface area contributed by atoms with Gasteiger partial charge in [0.2, 0.25) is 0 Å². The SMILES string of the molecule is CCOCCOCc1nc(C2(N)CCC2)no1. The first-order valence-corrected chi connectivity index (χ1v) is 6.02. The van der Waals surface area contributed by atoms with Crippen LogP contribution in [0.1, 0.15) is 37.9 Å². The molecule has 2 N–H and O–H groups in total. The molecule has 2 rings (SSSR count). The van der Waals surface area contributed by atoms with Crippen LogP contribution in [0.15, 0.2) is 4.52 Å². The lowest BCUT2D eigenvalue weighted by Gasteiger charge is -2.34. The lowest BCUT2D eigenvalue weighted by atomic mass is 9.77. The van der Waals surface area contributed by atoms with Crippen molar-refractivity contribution in [1.29, 1.82) is 0 Å². The molecule has 0 amide bonds. The molecule has 1 aliphatic rings. The summed E-state index contributed by atoms with van der Waals surface area (Å²) in [6, 6.07) is 0. The number of hydrogen-bond acceptors (Lipinski definition) is 6. The molecule has 6 heteroatoms. The molecular weight excluding hydrogens is 222 g/mol. The van der Waals surface area contributed by atoms with E-state index in [-0.39, 0.29) is 5.54 Å². The minimum Gasteiger partial charge on any atom is -0.379 e. The minimum absolute atomic E-state index is 0.316. The third kappa shape index (κ3) is 3.02. The molecule has 0 radical (unpaired) electrons. The molecule has 0 atom stereocenters. The van der Waals surface area contributed by atoms with Crippen LogP contribution in [0.3, 0.4) is 0 Å². The summed E-state index contributed by atoms with van der Waals surface area (Å²) in [6.45, 7) is 4.07. The van der Waals surface area contributed by atoms with Crippen LogP contribution in [-0.2, 0) is 21.6 Å². The Labute approximate surface area is 100 Å². The van der Waals surface area contributed by atoms with E-state index in [1.54, 1.807) is 0 Å². The number of ether oxygens (including phenoxy) is 2. The Balaban J connectivity index is 1.74. The number of rotatable bonds is 7. The van der Waals surface area contributed by atoms with Gasteiger partial charge in [0.25, 0.3) is 5.89 Å². The molecule has 17 heavy (non-hydrogen) atoms. The number of aromatic nitrogens is 2. The molecule has 0 unspecified atom stereocenters. The predicted octanol–water partition coefficient (Wildman–Crippen LogP) is 0.961. The highest BCUT2D eigenvalue weighted by atomic mass is 16.5. The second-order valence-corrected chi connectivity index (χ2v) is 4.27. The Kier molecular flexibility index (Phi) is 4.09. The van der Waals surface area contributed by atoms with Gasteiger partial charge in [-0.25, -0.2) is 0 Å². The molecule has 1 aromatic rings. The molecule has 1 aromatic heterocycles. The monoisotopic (exact) mass is 241 g/mol. The van der Waals surface area contributed by atoms with E-state index in [1.807, 2.05) is 6.92 Å². The van der Waals surface area contributed by atoms with Crippen molar-refractivity contribution in [1.82, 2.24) is 10.1 Å². The molecule has 0 aliphatic heterocycles. The summed E-state index contributed by atoms with van der Waals surface area (Å²) in [5.74, 6) is 1.08. The summed E-state index contributed by atoms with van der Waals surface area (Å²) in [6.07, 6.45) is 2.99. The van der Waals surface area contributed by atoms with Gasteiger partial charge in [-0.2, -0.15) is 4.98 Å². The number of hydrogen-bond donors (Lipinski definition) is 1. The quantitative estimate of drug-likeness (QED) is 0.716. The average molecular weight is 241 g/mol. The molecule has 0 spiro atoms. The van der Waals surface area contributed by atoms with Crippen LogP contribution in [0.4, 0.5) is 0 Å². The zero-order valence-electron chi connectivity index (χ0n) is 10.1. The van der Waals surface area contributed by atoms with E-state index in [9.17, 15) is 0 Å². The third-order valence-corrected chi connectivity index (χ3v) is 2.96. The molecular formula is C11H19N3O3. The zero-order chi connectivity index (χ0) is 12.1. The Morgan fingerprint density at radius 3 is 2.76 bits per heavy atom. The summed E-state index contributed by atoms with van der Waals surface area (Å²) >= 11 is 0. The van der Waals surface area contributed by atoms with Gasteiger partial charge in [0.1, 0.15) is 6.61 Å². The number of nitrogens with two attached hydrogens (primary N) is 1. The smallest absolute Gasteiger partial charge is 0.252 e. The van der Waals surface area contributed by atoms with Gasteiger partial charge in [-0.05, 0) is 26.2 Å². The van der Waals surface area contributed by atoms with Crippen LogP contribution in [0.2, 0.25) is 0 Å². The van der Waals surface area contributed by atoms with Gasteiger partial charge in [0.05, 0.1) is 18.8 Å². The van der Waals surface area contributed by atoms with Crippen LogP contribution >= 0.6 is 0 Å². The molecule has 0 saturated heterocycles. The number of nitrogens with zero attached hydrogens (tertiary/aromatic N) is 2. The fourth-order valence-corrected chi connectivity index (χ4v) is 1.72. The van der Waals surface area contributed by atoms with E-state index in [0.29, 0.717) is 38.1 Å². The van der Waals surface area contributed by atoms with Crippen molar-refractivity contribution >= 4 is 0 Å². The Morgan fingerprint density at radius 1 is 1.35 bits per heavy atom. The largest absolute Gasteiger partial charge is 0.379 e. The zero-order valence-corrected chi connectivity index (χ0v) is 10.1. The maximum Gasteiger partial charge on any atom is 0.252 e. The van der Waals surface area contributed by atoms with Crippen LogP contribution in [0, 0.1) is 0 Å². The first kappa shape index (κ1) is 12.5. The van der Waals surface area contributed by atoms with Gasteiger partial charge < -0.3 is 19.7 Å². The Morgan fingerprint density at radius 2 is 2.12 bits per heavy atom. The molecule has 0 aromatic carbocycles. The molecule has 96 valence electrons. The minimum atomic E-state index is -0.368. The van der Waals surface area contributed by atoms with Gasteiger partial charge in [0, 0.05) is 6.61 Å². The standard InChI is InChI=1S/C11H19N3O3/c1-2-15-6-7-16-8-9-13-10(14-17-9)11(12)4-3-5-11/h2-8,12H2,1H3. The van der Waals surface area contributed by atoms with E-state index >= 15 is 0 Å².